The van der Waals surface area contributed by atoms with Gasteiger partial charge < -0.3 is 10.1 Å². The van der Waals surface area contributed by atoms with Gasteiger partial charge in [0.1, 0.15) is 0 Å². The van der Waals surface area contributed by atoms with Crippen LogP contribution in [0.5, 0.6) is 0 Å². The smallest absolute Gasteiger partial charge is 0.0499 e. The van der Waals surface area contributed by atoms with Gasteiger partial charge in [0.05, 0.1) is 0 Å². The Bertz CT molecular complexity index is 143. The van der Waals surface area contributed by atoms with Crippen LogP contribution in [0.3, 0.4) is 0 Å². The molecule has 0 aromatic heterocycles. The highest BCUT2D eigenvalue weighted by molar-refractivity contribution is 4.77. The van der Waals surface area contributed by atoms with Crippen molar-refractivity contribution in [3.8, 4) is 0 Å². The van der Waals surface area contributed by atoms with Crippen molar-refractivity contribution >= 4 is 0 Å². The fourth-order valence-electron chi connectivity index (χ4n) is 2.35. The van der Waals surface area contributed by atoms with E-state index in [2.05, 4.69) is 19.2 Å². The second-order valence-corrected chi connectivity index (χ2v) is 4.80. The quantitative estimate of drug-likeness (QED) is 0.709. The predicted molar refractivity (Wildman–Crippen MR) is 60.5 cm³/mol. The molecule has 0 amide bonds. The zero-order valence-electron chi connectivity index (χ0n) is 9.88. The minimum atomic E-state index is 0.629. The predicted octanol–water partition coefficient (Wildman–Crippen LogP) is 2.44. The third-order valence-corrected chi connectivity index (χ3v) is 3.35. The molecule has 0 aliphatic heterocycles. The third-order valence-electron chi connectivity index (χ3n) is 3.35. The molecule has 0 aromatic carbocycles. The molecule has 0 spiro atoms. The number of nitrogens with one attached hydrogen (secondary N) is 1. The van der Waals surface area contributed by atoms with Crippen molar-refractivity contribution in [2.45, 2.75) is 45.6 Å². The molecule has 2 heteroatoms. The molecule has 0 radical (unpaired) electrons. The molecule has 2 atom stereocenters. The number of hydrogen-bond donors (Lipinski definition) is 1. The van der Waals surface area contributed by atoms with E-state index in [0.717, 1.165) is 19.1 Å². The Balaban J connectivity index is 2.10. The first-order valence-corrected chi connectivity index (χ1v) is 5.96. The minimum Gasteiger partial charge on any atom is -0.384 e. The van der Waals surface area contributed by atoms with E-state index in [0.29, 0.717) is 12.0 Å². The summed E-state index contributed by atoms with van der Waals surface area (Å²) >= 11 is 0. The highest BCUT2D eigenvalue weighted by Crippen LogP contribution is 2.27. The van der Waals surface area contributed by atoms with E-state index in [4.69, 9.17) is 4.74 Å². The summed E-state index contributed by atoms with van der Waals surface area (Å²) in [5.41, 5.74) is 0. The van der Waals surface area contributed by atoms with Gasteiger partial charge in [0.15, 0.2) is 0 Å². The van der Waals surface area contributed by atoms with Gasteiger partial charge in [0.25, 0.3) is 0 Å². The monoisotopic (exact) mass is 199 g/mol. The van der Waals surface area contributed by atoms with Crippen LogP contribution in [0.4, 0.5) is 0 Å². The van der Waals surface area contributed by atoms with Crippen LogP contribution in [0.25, 0.3) is 0 Å². The first-order chi connectivity index (χ1) is 6.74. The summed E-state index contributed by atoms with van der Waals surface area (Å²) in [6.45, 7) is 6.52. The van der Waals surface area contributed by atoms with Gasteiger partial charge >= 0.3 is 0 Å². The molecule has 0 saturated heterocycles. The highest BCUT2D eigenvalue weighted by atomic mass is 16.5. The first kappa shape index (κ1) is 12.0. The lowest BCUT2D eigenvalue weighted by molar-refractivity contribution is 0.155. The van der Waals surface area contributed by atoms with E-state index in [1.807, 2.05) is 0 Å². The van der Waals surface area contributed by atoms with Crippen molar-refractivity contribution in [3.63, 3.8) is 0 Å². The average molecular weight is 199 g/mol. The second-order valence-electron chi connectivity index (χ2n) is 4.80. The van der Waals surface area contributed by atoms with Gasteiger partial charge in [-0.15, -0.1) is 0 Å². The van der Waals surface area contributed by atoms with Crippen molar-refractivity contribution in [1.29, 1.82) is 0 Å². The van der Waals surface area contributed by atoms with Gasteiger partial charge in [-0.25, -0.2) is 0 Å². The summed E-state index contributed by atoms with van der Waals surface area (Å²) in [7, 11) is 1.77. The fourth-order valence-corrected chi connectivity index (χ4v) is 2.35. The topological polar surface area (TPSA) is 21.3 Å². The number of methoxy groups -OCH3 is 1. The van der Waals surface area contributed by atoms with Crippen LogP contribution in [-0.2, 0) is 4.74 Å². The van der Waals surface area contributed by atoms with Gasteiger partial charge in [-0.1, -0.05) is 19.8 Å². The lowest BCUT2D eigenvalue weighted by atomic mass is 9.99. The molecule has 2 nitrogen and oxygen atoms in total. The van der Waals surface area contributed by atoms with Gasteiger partial charge in [0.2, 0.25) is 0 Å². The number of rotatable bonds is 6. The van der Waals surface area contributed by atoms with Crippen LogP contribution in [0.15, 0.2) is 0 Å². The maximum absolute atomic E-state index is 5.12. The van der Waals surface area contributed by atoms with Crippen molar-refractivity contribution in [2.75, 3.05) is 20.3 Å². The van der Waals surface area contributed by atoms with E-state index in [-0.39, 0.29) is 0 Å². The van der Waals surface area contributed by atoms with Crippen LogP contribution >= 0.6 is 0 Å². The Labute approximate surface area is 88.4 Å². The van der Waals surface area contributed by atoms with E-state index in [1.54, 1.807) is 7.11 Å². The Morgan fingerprint density at radius 2 is 1.93 bits per heavy atom. The van der Waals surface area contributed by atoms with Gasteiger partial charge in [-0.05, 0) is 31.6 Å². The molecular formula is C12H25NO. The first-order valence-electron chi connectivity index (χ1n) is 5.96. The number of ether oxygens (including phenoxy) is 1. The minimum absolute atomic E-state index is 0.629. The van der Waals surface area contributed by atoms with Crippen LogP contribution in [0.2, 0.25) is 0 Å². The molecule has 0 bridgehead atoms. The van der Waals surface area contributed by atoms with E-state index in [1.165, 1.54) is 25.7 Å². The molecule has 14 heavy (non-hydrogen) atoms. The standard InChI is InChI=1S/C12H25NO/c1-10(9-14-3)8-13-11(2)12-6-4-5-7-12/h10-13H,4-9H2,1-3H3/t10?,11-/m0/s1. The molecule has 0 heterocycles. The largest absolute Gasteiger partial charge is 0.384 e. The summed E-state index contributed by atoms with van der Waals surface area (Å²) in [4.78, 5) is 0. The fraction of sp³-hybridized carbons (Fsp3) is 1.00. The average Bonchev–Trinajstić information content (AvgIpc) is 2.67. The maximum Gasteiger partial charge on any atom is 0.0499 e. The zero-order chi connectivity index (χ0) is 10.4. The molecule has 1 fully saturated rings. The summed E-state index contributed by atoms with van der Waals surface area (Å²) in [5, 5.41) is 3.63. The van der Waals surface area contributed by atoms with Gasteiger partial charge in [-0.2, -0.15) is 0 Å². The van der Waals surface area contributed by atoms with E-state index >= 15 is 0 Å². The van der Waals surface area contributed by atoms with Crippen LogP contribution in [-0.4, -0.2) is 26.3 Å². The lowest BCUT2D eigenvalue weighted by Gasteiger charge is -2.22. The number of hydrogen-bond acceptors (Lipinski definition) is 2. The Hall–Kier alpha value is -0.0800. The normalized spacial score (nSPS) is 22.5. The third kappa shape index (κ3) is 3.97. The molecule has 0 aromatic rings. The summed E-state index contributed by atoms with van der Waals surface area (Å²) in [6, 6.07) is 0.691. The Morgan fingerprint density at radius 1 is 1.29 bits per heavy atom. The highest BCUT2D eigenvalue weighted by Gasteiger charge is 2.21. The van der Waals surface area contributed by atoms with E-state index in [9.17, 15) is 0 Å². The van der Waals surface area contributed by atoms with Crippen LogP contribution in [0, 0.1) is 11.8 Å². The summed E-state index contributed by atoms with van der Waals surface area (Å²) in [6.07, 6.45) is 5.72. The molecule has 1 N–H and O–H groups in total. The van der Waals surface area contributed by atoms with E-state index < -0.39 is 0 Å². The van der Waals surface area contributed by atoms with Gasteiger partial charge in [0, 0.05) is 26.3 Å². The molecular weight excluding hydrogens is 174 g/mol. The molecule has 1 aliphatic carbocycles. The molecule has 84 valence electrons. The van der Waals surface area contributed by atoms with Crippen LogP contribution < -0.4 is 5.32 Å². The SMILES string of the molecule is COCC(C)CN[C@@H](C)C1CCCC1. The maximum atomic E-state index is 5.12. The Kier molecular flexibility index (Phi) is 5.49. The molecule has 1 aliphatic rings. The summed E-state index contributed by atoms with van der Waals surface area (Å²) < 4.78 is 5.12. The summed E-state index contributed by atoms with van der Waals surface area (Å²) in [5.74, 6) is 1.55. The van der Waals surface area contributed by atoms with Crippen molar-refractivity contribution in [3.05, 3.63) is 0 Å². The Morgan fingerprint density at radius 3 is 2.50 bits per heavy atom. The molecule has 1 rings (SSSR count). The van der Waals surface area contributed by atoms with Crippen molar-refractivity contribution < 1.29 is 4.74 Å². The van der Waals surface area contributed by atoms with Crippen molar-refractivity contribution in [2.24, 2.45) is 11.8 Å². The molecule has 1 unspecified atom stereocenters. The van der Waals surface area contributed by atoms with Crippen molar-refractivity contribution in [1.82, 2.24) is 5.32 Å². The van der Waals surface area contributed by atoms with Crippen LogP contribution in [0.1, 0.15) is 39.5 Å². The zero-order valence-corrected chi connectivity index (χ0v) is 9.88. The lowest BCUT2D eigenvalue weighted by Crippen LogP contribution is -2.36. The van der Waals surface area contributed by atoms with Gasteiger partial charge in [-0.3, -0.25) is 0 Å². The molecule has 1 saturated carbocycles. The second kappa shape index (κ2) is 6.41.